The standard InChI is InChI=1S/C11H9ClO2/c12-9-5-2-1-4-8(9)11(13)10-6-3-7-14-10/h1-7,11,13H. The van der Waals surface area contributed by atoms with Crippen LogP contribution in [0, 0.1) is 0 Å². The third kappa shape index (κ3) is 1.67. The average Bonchev–Trinajstić information content (AvgIpc) is 2.70. The Kier molecular flexibility index (Phi) is 2.57. The van der Waals surface area contributed by atoms with E-state index in [0.717, 1.165) is 0 Å². The minimum absolute atomic E-state index is 0.498. The zero-order valence-electron chi connectivity index (χ0n) is 7.35. The second-order valence-corrected chi connectivity index (χ2v) is 3.35. The first-order valence-corrected chi connectivity index (χ1v) is 4.63. The van der Waals surface area contributed by atoms with E-state index in [4.69, 9.17) is 16.0 Å². The Morgan fingerprint density at radius 2 is 1.93 bits per heavy atom. The fourth-order valence-electron chi connectivity index (χ4n) is 1.30. The van der Waals surface area contributed by atoms with Gasteiger partial charge in [-0.25, -0.2) is 0 Å². The van der Waals surface area contributed by atoms with E-state index in [1.807, 2.05) is 12.1 Å². The van der Waals surface area contributed by atoms with Crippen LogP contribution in [0.25, 0.3) is 0 Å². The second kappa shape index (κ2) is 3.86. The maximum absolute atomic E-state index is 9.88. The molecule has 0 saturated heterocycles. The minimum atomic E-state index is -0.793. The first-order chi connectivity index (χ1) is 6.79. The Hall–Kier alpha value is -1.25. The summed E-state index contributed by atoms with van der Waals surface area (Å²) in [5.74, 6) is 0.498. The van der Waals surface area contributed by atoms with Crippen LogP contribution in [0.2, 0.25) is 5.02 Å². The number of furan rings is 1. The van der Waals surface area contributed by atoms with Crippen molar-refractivity contribution in [2.45, 2.75) is 6.10 Å². The van der Waals surface area contributed by atoms with Crippen LogP contribution in [0.4, 0.5) is 0 Å². The SMILES string of the molecule is OC(c1ccco1)c1ccccc1Cl. The van der Waals surface area contributed by atoms with Crippen LogP contribution in [0.15, 0.2) is 47.1 Å². The lowest BCUT2D eigenvalue weighted by Crippen LogP contribution is -1.98. The van der Waals surface area contributed by atoms with Crippen LogP contribution in [0.5, 0.6) is 0 Å². The smallest absolute Gasteiger partial charge is 0.138 e. The molecule has 14 heavy (non-hydrogen) atoms. The predicted octanol–water partition coefficient (Wildman–Crippen LogP) is 3.01. The normalized spacial score (nSPS) is 12.7. The molecule has 1 heterocycles. The van der Waals surface area contributed by atoms with E-state index in [0.29, 0.717) is 16.3 Å². The zero-order valence-corrected chi connectivity index (χ0v) is 8.11. The quantitative estimate of drug-likeness (QED) is 0.823. The summed E-state index contributed by atoms with van der Waals surface area (Å²) in [6.07, 6.45) is 0.730. The van der Waals surface area contributed by atoms with Crippen molar-refractivity contribution in [3.8, 4) is 0 Å². The van der Waals surface area contributed by atoms with Gasteiger partial charge in [0.2, 0.25) is 0 Å². The lowest BCUT2D eigenvalue weighted by molar-refractivity contribution is 0.189. The van der Waals surface area contributed by atoms with E-state index >= 15 is 0 Å². The van der Waals surface area contributed by atoms with Gasteiger partial charge in [0.15, 0.2) is 0 Å². The summed E-state index contributed by atoms with van der Waals surface area (Å²) in [4.78, 5) is 0. The van der Waals surface area contributed by atoms with E-state index in [1.54, 1.807) is 24.3 Å². The van der Waals surface area contributed by atoms with Gasteiger partial charge in [-0.3, -0.25) is 0 Å². The highest BCUT2D eigenvalue weighted by Crippen LogP contribution is 2.27. The van der Waals surface area contributed by atoms with Crippen molar-refractivity contribution < 1.29 is 9.52 Å². The van der Waals surface area contributed by atoms with Crippen molar-refractivity contribution in [1.29, 1.82) is 0 Å². The summed E-state index contributed by atoms with van der Waals surface area (Å²) in [6, 6.07) is 10.6. The predicted molar refractivity (Wildman–Crippen MR) is 54.2 cm³/mol. The molecule has 1 aromatic carbocycles. The van der Waals surface area contributed by atoms with E-state index in [9.17, 15) is 5.11 Å². The van der Waals surface area contributed by atoms with Crippen molar-refractivity contribution in [2.24, 2.45) is 0 Å². The molecule has 72 valence electrons. The number of aliphatic hydroxyl groups is 1. The van der Waals surface area contributed by atoms with Crippen LogP contribution in [-0.2, 0) is 0 Å². The maximum Gasteiger partial charge on any atom is 0.138 e. The Labute approximate surface area is 86.7 Å². The van der Waals surface area contributed by atoms with Crippen molar-refractivity contribution in [2.75, 3.05) is 0 Å². The number of hydrogen-bond acceptors (Lipinski definition) is 2. The summed E-state index contributed by atoms with van der Waals surface area (Å²) in [6.45, 7) is 0. The molecule has 3 heteroatoms. The van der Waals surface area contributed by atoms with Gasteiger partial charge in [0.1, 0.15) is 11.9 Å². The molecule has 0 saturated carbocycles. The molecular formula is C11H9ClO2. The van der Waals surface area contributed by atoms with Crippen molar-refractivity contribution >= 4 is 11.6 Å². The van der Waals surface area contributed by atoms with Gasteiger partial charge in [-0.05, 0) is 18.2 Å². The van der Waals surface area contributed by atoms with Gasteiger partial charge in [0.05, 0.1) is 6.26 Å². The number of aliphatic hydroxyl groups excluding tert-OH is 1. The van der Waals surface area contributed by atoms with E-state index in [-0.39, 0.29) is 0 Å². The van der Waals surface area contributed by atoms with Gasteiger partial charge in [-0.1, -0.05) is 29.8 Å². The Balaban J connectivity index is 2.37. The first-order valence-electron chi connectivity index (χ1n) is 4.25. The van der Waals surface area contributed by atoms with Gasteiger partial charge in [-0.15, -0.1) is 0 Å². The van der Waals surface area contributed by atoms with Crippen LogP contribution >= 0.6 is 11.6 Å². The molecule has 0 aliphatic heterocycles. The van der Waals surface area contributed by atoms with Crippen LogP contribution < -0.4 is 0 Å². The summed E-state index contributed by atoms with van der Waals surface area (Å²) in [5, 5.41) is 10.4. The number of hydrogen-bond donors (Lipinski definition) is 1. The Morgan fingerprint density at radius 3 is 2.57 bits per heavy atom. The van der Waals surface area contributed by atoms with E-state index < -0.39 is 6.10 Å². The largest absolute Gasteiger partial charge is 0.466 e. The third-order valence-corrected chi connectivity index (χ3v) is 2.36. The minimum Gasteiger partial charge on any atom is -0.466 e. The molecule has 0 fully saturated rings. The summed E-state index contributed by atoms with van der Waals surface area (Å²) in [5.41, 5.74) is 0.657. The Morgan fingerprint density at radius 1 is 1.14 bits per heavy atom. The topological polar surface area (TPSA) is 33.4 Å². The third-order valence-electron chi connectivity index (χ3n) is 2.01. The number of rotatable bonds is 2. The Bertz CT molecular complexity index is 409. The summed E-state index contributed by atoms with van der Waals surface area (Å²) >= 11 is 5.93. The molecule has 1 N–H and O–H groups in total. The number of benzene rings is 1. The molecule has 2 nitrogen and oxygen atoms in total. The molecule has 0 radical (unpaired) electrons. The van der Waals surface area contributed by atoms with E-state index in [1.165, 1.54) is 6.26 Å². The molecule has 0 spiro atoms. The average molecular weight is 209 g/mol. The highest BCUT2D eigenvalue weighted by molar-refractivity contribution is 6.31. The lowest BCUT2D eigenvalue weighted by atomic mass is 10.1. The molecule has 2 aromatic rings. The van der Waals surface area contributed by atoms with Gasteiger partial charge >= 0.3 is 0 Å². The molecule has 0 amide bonds. The molecule has 0 aliphatic carbocycles. The van der Waals surface area contributed by atoms with Crippen LogP contribution in [0.3, 0.4) is 0 Å². The molecule has 2 rings (SSSR count). The lowest BCUT2D eigenvalue weighted by Gasteiger charge is -2.09. The van der Waals surface area contributed by atoms with E-state index in [2.05, 4.69) is 0 Å². The van der Waals surface area contributed by atoms with Crippen LogP contribution in [-0.4, -0.2) is 5.11 Å². The highest BCUT2D eigenvalue weighted by Gasteiger charge is 2.15. The molecular weight excluding hydrogens is 200 g/mol. The summed E-state index contributed by atoms with van der Waals surface area (Å²) < 4.78 is 5.10. The van der Waals surface area contributed by atoms with Gasteiger partial charge in [0, 0.05) is 10.6 Å². The summed E-state index contributed by atoms with van der Waals surface area (Å²) in [7, 11) is 0. The van der Waals surface area contributed by atoms with Crippen LogP contribution in [0.1, 0.15) is 17.4 Å². The van der Waals surface area contributed by atoms with Gasteiger partial charge < -0.3 is 9.52 Å². The van der Waals surface area contributed by atoms with Crippen molar-refractivity contribution in [1.82, 2.24) is 0 Å². The fourth-order valence-corrected chi connectivity index (χ4v) is 1.54. The van der Waals surface area contributed by atoms with Crippen molar-refractivity contribution in [3.63, 3.8) is 0 Å². The maximum atomic E-state index is 9.88. The molecule has 1 unspecified atom stereocenters. The monoisotopic (exact) mass is 208 g/mol. The molecule has 0 aliphatic rings. The zero-order chi connectivity index (χ0) is 9.97. The van der Waals surface area contributed by atoms with Crippen molar-refractivity contribution in [3.05, 3.63) is 59.0 Å². The molecule has 1 atom stereocenters. The van der Waals surface area contributed by atoms with Gasteiger partial charge in [0.25, 0.3) is 0 Å². The van der Waals surface area contributed by atoms with Gasteiger partial charge in [-0.2, -0.15) is 0 Å². The highest BCUT2D eigenvalue weighted by atomic mass is 35.5. The number of halogens is 1. The molecule has 0 bridgehead atoms. The first kappa shape index (κ1) is 9.31. The second-order valence-electron chi connectivity index (χ2n) is 2.94. The molecule has 1 aromatic heterocycles. The fraction of sp³-hybridized carbons (Fsp3) is 0.0909.